The third-order valence-electron chi connectivity index (χ3n) is 2.79. The van der Waals surface area contributed by atoms with E-state index in [2.05, 4.69) is 17.2 Å². The molecule has 4 heteroatoms. The largest absolute Gasteiger partial charge is 0.306 e. The highest BCUT2D eigenvalue weighted by atomic mass is 35.5. The summed E-state index contributed by atoms with van der Waals surface area (Å²) in [5.41, 5.74) is 2.25. The summed E-state index contributed by atoms with van der Waals surface area (Å²) in [4.78, 5) is 3.99. The summed E-state index contributed by atoms with van der Waals surface area (Å²) in [5, 5.41) is 4.77. The highest BCUT2D eigenvalue weighted by Crippen LogP contribution is 2.26. The first kappa shape index (κ1) is 13.3. The van der Waals surface area contributed by atoms with Gasteiger partial charge in [0.2, 0.25) is 0 Å². The number of nitrogens with zero attached hydrogens (tertiary/aromatic N) is 1. The van der Waals surface area contributed by atoms with E-state index < -0.39 is 0 Å². The standard InChI is InChI=1S/C14H14Cl2N2/c1-10(13-3-2-12(15)8-14(13)16)18-9-11-4-6-17-7-5-11/h2-8,10,18H,9H2,1H3. The Balaban J connectivity index is 2.01. The van der Waals surface area contributed by atoms with Crippen molar-refractivity contribution in [3.05, 3.63) is 63.9 Å². The molecule has 0 saturated heterocycles. The Morgan fingerprint density at radius 3 is 2.56 bits per heavy atom. The van der Waals surface area contributed by atoms with Crippen LogP contribution >= 0.6 is 23.2 Å². The zero-order valence-electron chi connectivity index (χ0n) is 10.0. The van der Waals surface area contributed by atoms with Gasteiger partial charge in [-0.2, -0.15) is 0 Å². The molecule has 0 saturated carbocycles. The Kier molecular flexibility index (Phi) is 4.59. The summed E-state index contributed by atoms with van der Waals surface area (Å²) in [6.07, 6.45) is 3.58. The second kappa shape index (κ2) is 6.19. The second-order valence-electron chi connectivity index (χ2n) is 4.12. The number of aromatic nitrogens is 1. The van der Waals surface area contributed by atoms with Crippen molar-refractivity contribution < 1.29 is 0 Å². The first-order valence-electron chi connectivity index (χ1n) is 5.74. The number of pyridine rings is 1. The van der Waals surface area contributed by atoms with Gasteiger partial charge in [0.25, 0.3) is 0 Å². The van der Waals surface area contributed by atoms with Crippen molar-refractivity contribution in [3.63, 3.8) is 0 Å². The molecular weight excluding hydrogens is 267 g/mol. The topological polar surface area (TPSA) is 24.9 Å². The van der Waals surface area contributed by atoms with Crippen molar-refractivity contribution in [2.45, 2.75) is 19.5 Å². The van der Waals surface area contributed by atoms with Gasteiger partial charge in [0.05, 0.1) is 0 Å². The van der Waals surface area contributed by atoms with E-state index in [1.165, 1.54) is 5.56 Å². The maximum Gasteiger partial charge on any atom is 0.0468 e. The molecule has 1 unspecified atom stereocenters. The van der Waals surface area contributed by atoms with Gasteiger partial charge < -0.3 is 5.32 Å². The maximum atomic E-state index is 6.17. The van der Waals surface area contributed by atoms with Crippen LogP contribution in [0, 0.1) is 0 Å². The minimum atomic E-state index is 0.169. The van der Waals surface area contributed by atoms with Crippen molar-refractivity contribution in [2.24, 2.45) is 0 Å². The molecule has 0 aliphatic carbocycles. The molecule has 1 atom stereocenters. The zero-order valence-corrected chi connectivity index (χ0v) is 11.5. The van der Waals surface area contributed by atoms with E-state index in [4.69, 9.17) is 23.2 Å². The Hall–Kier alpha value is -1.09. The summed E-state index contributed by atoms with van der Waals surface area (Å²) in [6.45, 7) is 2.86. The van der Waals surface area contributed by atoms with Crippen LogP contribution in [0.5, 0.6) is 0 Å². The average molecular weight is 281 g/mol. The quantitative estimate of drug-likeness (QED) is 0.906. The van der Waals surface area contributed by atoms with Gasteiger partial charge in [0, 0.05) is 35.0 Å². The summed E-state index contributed by atoms with van der Waals surface area (Å²) in [7, 11) is 0. The fourth-order valence-corrected chi connectivity index (χ4v) is 2.31. The highest BCUT2D eigenvalue weighted by Gasteiger charge is 2.09. The van der Waals surface area contributed by atoms with E-state index >= 15 is 0 Å². The van der Waals surface area contributed by atoms with Crippen LogP contribution in [0.3, 0.4) is 0 Å². The lowest BCUT2D eigenvalue weighted by Crippen LogP contribution is -2.18. The minimum Gasteiger partial charge on any atom is -0.306 e. The van der Waals surface area contributed by atoms with Crippen molar-refractivity contribution >= 4 is 23.2 Å². The molecule has 1 aromatic carbocycles. The van der Waals surface area contributed by atoms with Crippen molar-refractivity contribution in [2.75, 3.05) is 0 Å². The third-order valence-corrected chi connectivity index (χ3v) is 3.35. The van der Waals surface area contributed by atoms with Crippen LogP contribution in [0.4, 0.5) is 0 Å². The van der Waals surface area contributed by atoms with Crippen LogP contribution < -0.4 is 5.32 Å². The smallest absolute Gasteiger partial charge is 0.0468 e. The van der Waals surface area contributed by atoms with E-state index in [1.807, 2.05) is 24.3 Å². The van der Waals surface area contributed by atoms with Gasteiger partial charge in [-0.05, 0) is 42.3 Å². The summed E-state index contributed by atoms with van der Waals surface area (Å²) in [6, 6.07) is 9.72. The molecule has 0 spiro atoms. The van der Waals surface area contributed by atoms with Crippen LogP contribution in [-0.2, 0) is 6.54 Å². The van der Waals surface area contributed by atoms with E-state index in [9.17, 15) is 0 Å². The monoisotopic (exact) mass is 280 g/mol. The molecule has 0 amide bonds. The van der Waals surface area contributed by atoms with Crippen LogP contribution in [-0.4, -0.2) is 4.98 Å². The molecule has 0 fully saturated rings. The number of hydrogen-bond acceptors (Lipinski definition) is 2. The Bertz CT molecular complexity index is 514. The number of benzene rings is 1. The summed E-state index contributed by atoms with van der Waals surface area (Å²) in [5.74, 6) is 0. The summed E-state index contributed by atoms with van der Waals surface area (Å²) < 4.78 is 0. The number of hydrogen-bond donors (Lipinski definition) is 1. The van der Waals surface area contributed by atoms with Crippen molar-refractivity contribution in [1.82, 2.24) is 10.3 Å². The van der Waals surface area contributed by atoms with Gasteiger partial charge in [-0.1, -0.05) is 29.3 Å². The van der Waals surface area contributed by atoms with E-state index in [1.54, 1.807) is 18.5 Å². The maximum absolute atomic E-state index is 6.17. The molecule has 0 aliphatic rings. The van der Waals surface area contributed by atoms with Crippen LogP contribution in [0.15, 0.2) is 42.7 Å². The molecule has 94 valence electrons. The first-order valence-corrected chi connectivity index (χ1v) is 6.49. The normalized spacial score (nSPS) is 12.4. The van der Waals surface area contributed by atoms with Gasteiger partial charge in [-0.15, -0.1) is 0 Å². The molecular formula is C14H14Cl2N2. The second-order valence-corrected chi connectivity index (χ2v) is 4.97. The predicted octanol–water partition coefficient (Wildman–Crippen LogP) is 4.24. The molecule has 2 aromatic rings. The SMILES string of the molecule is CC(NCc1ccncc1)c1ccc(Cl)cc1Cl. The first-order chi connectivity index (χ1) is 8.66. The summed E-state index contributed by atoms with van der Waals surface area (Å²) >= 11 is 12.1. The van der Waals surface area contributed by atoms with Gasteiger partial charge in [-0.25, -0.2) is 0 Å². The van der Waals surface area contributed by atoms with Gasteiger partial charge in [0.15, 0.2) is 0 Å². The molecule has 1 N–H and O–H groups in total. The number of rotatable bonds is 4. The van der Waals surface area contributed by atoms with Crippen molar-refractivity contribution in [1.29, 1.82) is 0 Å². The van der Waals surface area contributed by atoms with Crippen molar-refractivity contribution in [3.8, 4) is 0 Å². The van der Waals surface area contributed by atoms with Crippen LogP contribution in [0.1, 0.15) is 24.1 Å². The lowest BCUT2D eigenvalue weighted by atomic mass is 10.1. The average Bonchev–Trinajstić information content (AvgIpc) is 2.37. The number of halogens is 2. The molecule has 18 heavy (non-hydrogen) atoms. The predicted molar refractivity (Wildman–Crippen MR) is 76.0 cm³/mol. The molecule has 1 aromatic heterocycles. The fourth-order valence-electron chi connectivity index (χ4n) is 1.73. The Morgan fingerprint density at radius 2 is 1.89 bits per heavy atom. The van der Waals surface area contributed by atoms with E-state index in [-0.39, 0.29) is 6.04 Å². The van der Waals surface area contributed by atoms with Gasteiger partial charge >= 0.3 is 0 Å². The number of nitrogens with one attached hydrogen (secondary N) is 1. The molecule has 0 bridgehead atoms. The van der Waals surface area contributed by atoms with Crippen LogP contribution in [0.25, 0.3) is 0 Å². The lowest BCUT2D eigenvalue weighted by Gasteiger charge is -2.16. The highest BCUT2D eigenvalue weighted by molar-refractivity contribution is 6.35. The molecule has 2 rings (SSSR count). The van der Waals surface area contributed by atoms with E-state index in [0.717, 1.165) is 12.1 Å². The molecule has 1 heterocycles. The van der Waals surface area contributed by atoms with Crippen LogP contribution in [0.2, 0.25) is 10.0 Å². The minimum absolute atomic E-state index is 0.169. The molecule has 2 nitrogen and oxygen atoms in total. The lowest BCUT2D eigenvalue weighted by molar-refractivity contribution is 0.574. The molecule has 0 aliphatic heterocycles. The molecule has 0 radical (unpaired) electrons. The van der Waals surface area contributed by atoms with E-state index in [0.29, 0.717) is 10.0 Å². The van der Waals surface area contributed by atoms with Gasteiger partial charge in [0.1, 0.15) is 0 Å². The fraction of sp³-hybridized carbons (Fsp3) is 0.214. The third kappa shape index (κ3) is 3.45. The Morgan fingerprint density at radius 1 is 1.17 bits per heavy atom. The van der Waals surface area contributed by atoms with Gasteiger partial charge in [-0.3, -0.25) is 4.98 Å². The zero-order chi connectivity index (χ0) is 13.0. The Labute approximate surface area is 117 Å².